The summed E-state index contributed by atoms with van der Waals surface area (Å²) in [7, 11) is 1.39. The Bertz CT molecular complexity index is 1190. The second-order valence-electron chi connectivity index (χ2n) is 5.95. The molecule has 0 bridgehead atoms. The quantitative estimate of drug-likeness (QED) is 0.277. The monoisotopic (exact) mass is 407 g/mol. The zero-order valence-electron chi connectivity index (χ0n) is 15.6. The molecule has 1 heterocycles. The molecule has 1 N–H and O–H groups in total. The van der Waals surface area contributed by atoms with Crippen LogP contribution in [0.15, 0.2) is 64.6 Å². The van der Waals surface area contributed by atoms with Crippen molar-refractivity contribution in [1.29, 1.82) is 5.26 Å². The van der Waals surface area contributed by atoms with Gasteiger partial charge in [0.2, 0.25) is 0 Å². The minimum atomic E-state index is -0.823. The molecule has 2 aromatic carbocycles. The molecule has 30 heavy (non-hydrogen) atoms. The molecular formula is C21H14FN3O5. The fourth-order valence-electron chi connectivity index (χ4n) is 2.62. The van der Waals surface area contributed by atoms with Crippen LogP contribution < -0.4 is 10.1 Å². The molecular weight excluding hydrogens is 393 g/mol. The molecule has 150 valence electrons. The van der Waals surface area contributed by atoms with Gasteiger partial charge < -0.3 is 14.5 Å². The van der Waals surface area contributed by atoms with E-state index in [1.165, 1.54) is 55.6 Å². The average molecular weight is 407 g/mol. The molecule has 8 nitrogen and oxygen atoms in total. The second kappa shape index (κ2) is 8.70. The highest BCUT2D eigenvalue weighted by atomic mass is 19.1. The molecule has 0 aliphatic rings. The van der Waals surface area contributed by atoms with Crippen LogP contribution in [0.1, 0.15) is 5.76 Å². The summed E-state index contributed by atoms with van der Waals surface area (Å²) < 4.78 is 24.3. The van der Waals surface area contributed by atoms with Crippen molar-refractivity contribution in [3.8, 4) is 23.1 Å². The lowest BCUT2D eigenvalue weighted by molar-refractivity contribution is -0.384. The smallest absolute Gasteiger partial charge is 0.284 e. The second-order valence-corrected chi connectivity index (χ2v) is 5.95. The predicted molar refractivity (Wildman–Crippen MR) is 106 cm³/mol. The molecule has 0 aliphatic heterocycles. The number of halogens is 1. The number of nitro benzene ring substituents is 1. The van der Waals surface area contributed by atoms with Crippen molar-refractivity contribution in [1.82, 2.24) is 0 Å². The van der Waals surface area contributed by atoms with Crippen LogP contribution in [0.3, 0.4) is 0 Å². The highest BCUT2D eigenvalue weighted by Gasteiger charge is 2.20. The zero-order valence-corrected chi connectivity index (χ0v) is 15.6. The predicted octanol–water partition coefficient (Wildman–Crippen LogP) is 4.55. The van der Waals surface area contributed by atoms with Crippen molar-refractivity contribution in [3.63, 3.8) is 0 Å². The van der Waals surface area contributed by atoms with Gasteiger partial charge in [-0.2, -0.15) is 5.26 Å². The van der Waals surface area contributed by atoms with E-state index in [1.807, 2.05) is 0 Å². The first kappa shape index (κ1) is 20.3. The first-order chi connectivity index (χ1) is 14.4. The van der Waals surface area contributed by atoms with E-state index in [0.29, 0.717) is 5.75 Å². The Labute approximate surface area is 170 Å². The largest absolute Gasteiger partial charge is 0.497 e. The number of nitrogens with zero attached hydrogens (tertiary/aromatic N) is 2. The minimum absolute atomic E-state index is 0.0716. The minimum Gasteiger partial charge on any atom is -0.497 e. The van der Waals surface area contributed by atoms with Crippen LogP contribution in [0.5, 0.6) is 5.75 Å². The van der Waals surface area contributed by atoms with Crippen LogP contribution in [-0.4, -0.2) is 17.9 Å². The first-order valence-corrected chi connectivity index (χ1v) is 8.53. The highest BCUT2D eigenvalue weighted by Crippen LogP contribution is 2.34. The van der Waals surface area contributed by atoms with Crippen LogP contribution in [0.25, 0.3) is 17.4 Å². The van der Waals surface area contributed by atoms with Gasteiger partial charge >= 0.3 is 0 Å². The van der Waals surface area contributed by atoms with Crippen molar-refractivity contribution >= 4 is 23.4 Å². The third-order valence-corrected chi connectivity index (χ3v) is 4.07. The number of nitrogens with one attached hydrogen (secondary N) is 1. The normalized spacial score (nSPS) is 10.9. The van der Waals surface area contributed by atoms with Crippen molar-refractivity contribution in [3.05, 3.63) is 81.9 Å². The molecule has 1 amide bonds. The highest BCUT2D eigenvalue weighted by molar-refractivity contribution is 6.09. The molecule has 0 radical (unpaired) electrons. The number of nitriles is 1. The Morgan fingerprint density at radius 3 is 2.70 bits per heavy atom. The Kier molecular flexibility index (Phi) is 5.89. The summed E-state index contributed by atoms with van der Waals surface area (Å²) in [6, 6.07) is 14.5. The van der Waals surface area contributed by atoms with E-state index in [2.05, 4.69) is 5.32 Å². The third kappa shape index (κ3) is 4.34. The number of carbonyl (C=O) groups is 1. The van der Waals surface area contributed by atoms with E-state index in [1.54, 1.807) is 12.1 Å². The fourth-order valence-corrected chi connectivity index (χ4v) is 2.62. The molecule has 0 atom stereocenters. The van der Waals surface area contributed by atoms with E-state index >= 15 is 0 Å². The van der Waals surface area contributed by atoms with Gasteiger partial charge in [-0.15, -0.1) is 0 Å². The summed E-state index contributed by atoms with van der Waals surface area (Å²) in [4.78, 5) is 23.1. The van der Waals surface area contributed by atoms with Gasteiger partial charge in [0.05, 0.1) is 29.4 Å². The molecule has 3 aromatic rings. The third-order valence-electron chi connectivity index (χ3n) is 4.07. The number of anilines is 1. The van der Waals surface area contributed by atoms with E-state index in [4.69, 9.17) is 9.15 Å². The summed E-state index contributed by atoms with van der Waals surface area (Å²) in [6.45, 7) is 0. The molecule has 9 heteroatoms. The summed E-state index contributed by atoms with van der Waals surface area (Å²) in [5, 5.41) is 22.9. The number of amides is 1. The number of rotatable bonds is 6. The molecule has 0 fully saturated rings. The van der Waals surface area contributed by atoms with Gasteiger partial charge in [0, 0.05) is 6.08 Å². The lowest BCUT2D eigenvalue weighted by Gasteiger charge is -2.05. The fraction of sp³-hybridized carbons (Fsp3) is 0.0476. The van der Waals surface area contributed by atoms with Crippen molar-refractivity contribution in [2.24, 2.45) is 0 Å². The van der Waals surface area contributed by atoms with Gasteiger partial charge in [0.25, 0.3) is 11.6 Å². The Morgan fingerprint density at radius 1 is 1.27 bits per heavy atom. The number of nitro groups is 1. The molecule has 0 unspecified atom stereocenters. The lowest BCUT2D eigenvalue weighted by Crippen LogP contribution is -2.14. The number of methoxy groups -OCH3 is 1. The molecule has 3 rings (SSSR count). The van der Waals surface area contributed by atoms with Gasteiger partial charge in [-0.25, -0.2) is 4.39 Å². The van der Waals surface area contributed by atoms with Gasteiger partial charge in [0.15, 0.2) is 0 Å². The number of para-hydroxylation sites is 1. The van der Waals surface area contributed by atoms with Crippen LogP contribution >= 0.6 is 0 Å². The van der Waals surface area contributed by atoms with E-state index in [-0.39, 0.29) is 34.0 Å². The topological polar surface area (TPSA) is 118 Å². The number of carbonyl (C=O) groups excluding carboxylic acids is 1. The Hall–Kier alpha value is -4.45. The molecule has 0 spiro atoms. The molecule has 0 saturated carbocycles. The number of hydrogen-bond acceptors (Lipinski definition) is 6. The maximum Gasteiger partial charge on any atom is 0.284 e. The van der Waals surface area contributed by atoms with Gasteiger partial charge in [-0.1, -0.05) is 12.1 Å². The van der Waals surface area contributed by atoms with Crippen LogP contribution in [-0.2, 0) is 4.79 Å². The van der Waals surface area contributed by atoms with Crippen molar-refractivity contribution < 1.29 is 23.3 Å². The summed E-state index contributed by atoms with van der Waals surface area (Å²) >= 11 is 0. The Morgan fingerprint density at radius 2 is 2.03 bits per heavy atom. The Balaban J connectivity index is 1.89. The molecule has 0 saturated heterocycles. The molecule has 0 aliphatic carbocycles. The van der Waals surface area contributed by atoms with Crippen LogP contribution in [0, 0.1) is 27.3 Å². The number of benzene rings is 2. The van der Waals surface area contributed by atoms with E-state index in [0.717, 1.165) is 6.08 Å². The summed E-state index contributed by atoms with van der Waals surface area (Å²) in [5.74, 6) is -0.863. The van der Waals surface area contributed by atoms with Gasteiger partial charge in [-0.05, 0) is 36.4 Å². The van der Waals surface area contributed by atoms with Crippen molar-refractivity contribution in [2.75, 3.05) is 12.4 Å². The first-order valence-electron chi connectivity index (χ1n) is 8.53. The summed E-state index contributed by atoms with van der Waals surface area (Å²) in [5.41, 5.74) is -0.423. The lowest BCUT2D eigenvalue weighted by atomic mass is 10.1. The maximum absolute atomic E-state index is 13.7. The standard InChI is InChI=1S/C21H14FN3O5/c1-29-14-6-8-16(19(11-14)25(27)28)20-9-7-15(30-20)10-13(12-23)21(26)24-18-5-3-2-4-17(18)22/h2-11H,1H3,(H,24,26)/b13-10+. The van der Waals surface area contributed by atoms with Crippen molar-refractivity contribution in [2.45, 2.75) is 0 Å². The van der Waals surface area contributed by atoms with Gasteiger partial charge in [-0.3, -0.25) is 14.9 Å². The zero-order chi connectivity index (χ0) is 21.7. The summed E-state index contributed by atoms with van der Waals surface area (Å²) in [6.07, 6.45) is 1.16. The van der Waals surface area contributed by atoms with E-state index < -0.39 is 16.6 Å². The van der Waals surface area contributed by atoms with Crippen LogP contribution in [0.2, 0.25) is 0 Å². The number of hydrogen-bond donors (Lipinski definition) is 1. The SMILES string of the molecule is COc1ccc(-c2ccc(/C=C(\C#N)C(=O)Nc3ccccc3F)o2)c([N+](=O)[O-])c1. The van der Waals surface area contributed by atoms with E-state index in [9.17, 15) is 24.6 Å². The maximum atomic E-state index is 13.7. The average Bonchev–Trinajstić information content (AvgIpc) is 3.21. The molecule has 1 aromatic heterocycles. The van der Waals surface area contributed by atoms with Crippen LogP contribution in [0.4, 0.5) is 15.8 Å². The number of furan rings is 1. The number of ether oxygens (including phenoxy) is 1. The van der Waals surface area contributed by atoms with Gasteiger partial charge in [0.1, 0.15) is 34.7 Å².